The minimum Gasteiger partial charge on any atom is -0.443 e. The maximum atomic E-state index is 5.01. The summed E-state index contributed by atoms with van der Waals surface area (Å²) in [5.41, 5.74) is 20.5. The Bertz CT molecular complexity index is 7100. The number of benzene rings is 15. The molecule has 0 amide bonds. The minimum absolute atomic E-state index is 0.637. The summed E-state index contributed by atoms with van der Waals surface area (Å²) in [5, 5.41) is 29.3. The number of hydrogen-bond donors (Lipinski definition) is 2. The monoisotopic (exact) mass is 1810 g/mol. The first-order valence-electron chi connectivity index (χ1n) is 43.7. The molecule has 0 aliphatic rings. The summed E-state index contributed by atoms with van der Waals surface area (Å²) >= 11 is 1.68. The number of pyridine rings is 2. The van der Waals surface area contributed by atoms with E-state index in [0.717, 1.165) is 121 Å². The topological polar surface area (TPSA) is 315 Å². The molecular formula is C113H83N23OS. The van der Waals surface area contributed by atoms with E-state index in [1.54, 1.807) is 73.8 Å². The standard InChI is InChI=1S/C13H9N.C12H8N2.C12H9N.C9H7N.5C8H6N2.C7H6N2.C7H5NO.C7H5NS.C6H4N4/c1-3-7-12-10(5-1)9-11-6-2-4-8-13(11)14-12;1-2-6-10-9(5-1)13-11-7-3-4-8-12(11)14-10;1-3-7-11-9(5-1)10-6-2-4-8-12(10)13-11;1-2-4-9-7-10-6-5-8(9)3-1;3*1-2-4-8-7(3-1)5-9-6-10-8;1-2-4-8-6-10-9-5-7(8)3-1;1-2-4-8-7(3-1)5-6-9-10-8;3*1-2-4-7-6(3-1)8-5-9-7;1-2-9-6-5(8-1)3-7-4-10-6/h1-9H;1-8H;1-8,13H;1-7H;5*1-6H;1-5H,(H,8,9);2*1-5H;1-4H. The minimum atomic E-state index is 0.637. The Kier molecular flexibility index (Phi) is 31.6. The Morgan fingerprint density at radius 1 is 0.225 bits per heavy atom. The van der Waals surface area contributed by atoms with Crippen LogP contribution in [0.5, 0.6) is 0 Å². The zero-order valence-corrected chi connectivity index (χ0v) is 74.8. The van der Waals surface area contributed by atoms with E-state index in [-0.39, 0.29) is 0 Å². The lowest BCUT2D eigenvalue weighted by molar-refractivity contribution is 0.602. The Hall–Kier alpha value is -19.3. The van der Waals surface area contributed by atoms with E-state index in [4.69, 9.17) is 4.42 Å². The second kappa shape index (κ2) is 48.0. The lowest BCUT2D eigenvalue weighted by Gasteiger charge is -1.99. The van der Waals surface area contributed by atoms with Gasteiger partial charge in [-0.05, 0) is 138 Å². The third kappa shape index (κ3) is 25.5. The molecule has 25 heteroatoms. The van der Waals surface area contributed by atoms with Crippen molar-refractivity contribution >= 4 is 186 Å². The molecule has 0 spiro atoms. The fraction of sp³-hybridized carbons (Fsp3) is 0. The van der Waals surface area contributed by atoms with Gasteiger partial charge in [0.25, 0.3) is 0 Å². The van der Waals surface area contributed by atoms with Gasteiger partial charge in [-0.25, -0.2) is 79.7 Å². The number of nitrogens with one attached hydrogen (secondary N) is 2. The molecule has 0 bridgehead atoms. The van der Waals surface area contributed by atoms with Crippen molar-refractivity contribution in [3.63, 3.8) is 0 Å². The zero-order valence-electron chi connectivity index (χ0n) is 74.0. The zero-order chi connectivity index (χ0) is 93.4. The fourth-order valence-electron chi connectivity index (χ4n) is 14.0. The van der Waals surface area contributed by atoms with Gasteiger partial charge in [-0.2, -0.15) is 20.4 Å². The Morgan fingerprint density at radius 3 is 1.14 bits per heavy atom. The van der Waals surface area contributed by atoms with Crippen LogP contribution in [0.4, 0.5) is 0 Å². The fourth-order valence-corrected chi connectivity index (χ4v) is 14.6. The molecule has 0 radical (unpaired) electrons. The van der Waals surface area contributed by atoms with Crippen LogP contribution in [0.15, 0.2) is 498 Å². The van der Waals surface area contributed by atoms with E-state index < -0.39 is 0 Å². The van der Waals surface area contributed by atoms with E-state index in [1.807, 2.05) is 334 Å². The number of para-hydroxylation sites is 16. The molecule has 14 heterocycles. The number of H-pyrrole nitrogens is 2. The molecule has 0 fully saturated rings. The molecular weight excluding hydrogens is 1730 g/mol. The molecule has 0 atom stereocenters. The van der Waals surface area contributed by atoms with Crippen molar-refractivity contribution in [3.05, 3.63) is 494 Å². The average Bonchev–Trinajstić information content (AvgIpc) is 1.74. The molecule has 0 saturated heterocycles. The van der Waals surface area contributed by atoms with E-state index in [1.165, 1.54) is 60.8 Å². The molecule has 0 saturated carbocycles. The van der Waals surface area contributed by atoms with E-state index in [0.29, 0.717) is 5.65 Å². The second-order valence-electron chi connectivity index (χ2n) is 29.8. The molecule has 0 aliphatic carbocycles. The molecule has 0 unspecified atom stereocenters. The van der Waals surface area contributed by atoms with E-state index in [2.05, 4.69) is 200 Å². The van der Waals surface area contributed by atoms with Crippen LogP contribution >= 0.6 is 11.3 Å². The van der Waals surface area contributed by atoms with Crippen molar-refractivity contribution < 1.29 is 4.42 Å². The van der Waals surface area contributed by atoms with Crippen molar-refractivity contribution in [2.24, 2.45) is 0 Å². The molecule has 29 rings (SSSR count). The first-order chi connectivity index (χ1) is 68.5. The Labute approximate surface area is 793 Å². The molecule has 29 aromatic rings. The largest absolute Gasteiger partial charge is 0.443 e. The predicted molar refractivity (Wildman–Crippen MR) is 556 cm³/mol. The van der Waals surface area contributed by atoms with Crippen molar-refractivity contribution in [1.29, 1.82) is 0 Å². The third-order valence-corrected chi connectivity index (χ3v) is 21.5. The Balaban J connectivity index is 0.000000104. The number of rotatable bonds is 0. The Morgan fingerprint density at radius 2 is 0.623 bits per heavy atom. The first kappa shape index (κ1) is 90.7. The molecule has 14 aromatic heterocycles. The number of oxazole rings is 1. The van der Waals surface area contributed by atoms with Crippen LogP contribution < -0.4 is 0 Å². The SMILES string of the molecule is c1ccc2[nH]cnc2c1.c1ccc2c(c1)[nH]c1ccccc12.c1ccc2cnccc2c1.c1ccc2cnncc2c1.c1ccc2nc3ccccc3cc2c1.c1ccc2nc3ccccc3nc2c1.c1ccc2ncncc2c1.c1ccc2ncncc2c1.c1ccc2ncncc2c1.c1ccc2nnccc2c1.c1ccc2ocnc2c1.c1ccc2scnc2c1.c1cnc2ncncc2n1. The highest BCUT2D eigenvalue weighted by Crippen LogP contribution is 2.26. The summed E-state index contributed by atoms with van der Waals surface area (Å²) in [6.07, 6.45) is 28.5. The van der Waals surface area contributed by atoms with Crippen molar-refractivity contribution in [2.45, 2.75) is 0 Å². The highest BCUT2D eigenvalue weighted by molar-refractivity contribution is 7.16. The number of aromatic nitrogens is 23. The highest BCUT2D eigenvalue weighted by Gasteiger charge is 2.04. The van der Waals surface area contributed by atoms with E-state index >= 15 is 0 Å². The van der Waals surface area contributed by atoms with Crippen LogP contribution in [0, 0.1) is 0 Å². The summed E-state index contributed by atoms with van der Waals surface area (Å²) < 4.78 is 6.27. The lowest BCUT2D eigenvalue weighted by Crippen LogP contribution is -1.85. The first-order valence-corrected chi connectivity index (χ1v) is 44.5. The predicted octanol–water partition coefficient (Wildman–Crippen LogP) is 26.0. The number of thiazole rings is 1. The van der Waals surface area contributed by atoms with Crippen LogP contribution in [0.1, 0.15) is 0 Å². The van der Waals surface area contributed by atoms with Gasteiger partial charge in [0.1, 0.15) is 36.3 Å². The molecule has 24 nitrogen and oxygen atoms in total. The van der Waals surface area contributed by atoms with Crippen LogP contribution in [0.3, 0.4) is 0 Å². The number of hydrogen-bond acceptors (Lipinski definition) is 23. The van der Waals surface area contributed by atoms with Crippen LogP contribution in [0.2, 0.25) is 0 Å². The van der Waals surface area contributed by atoms with E-state index in [9.17, 15) is 0 Å². The smallest absolute Gasteiger partial charge is 0.181 e. The normalized spacial score (nSPS) is 10.3. The highest BCUT2D eigenvalue weighted by atomic mass is 32.1. The van der Waals surface area contributed by atoms with Crippen molar-refractivity contribution in [3.8, 4) is 0 Å². The molecule has 15 aromatic carbocycles. The number of imidazole rings is 1. The van der Waals surface area contributed by atoms with Crippen molar-refractivity contribution in [1.82, 2.24) is 115 Å². The summed E-state index contributed by atoms with van der Waals surface area (Å²) in [6, 6.07) is 127. The van der Waals surface area contributed by atoms with Gasteiger partial charge in [-0.3, -0.25) is 4.98 Å². The van der Waals surface area contributed by atoms with Gasteiger partial charge in [-0.15, -0.1) is 11.3 Å². The van der Waals surface area contributed by atoms with Crippen LogP contribution in [-0.4, -0.2) is 115 Å². The summed E-state index contributed by atoms with van der Waals surface area (Å²) in [6.45, 7) is 0. The van der Waals surface area contributed by atoms with Crippen molar-refractivity contribution in [2.75, 3.05) is 0 Å². The summed E-state index contributed by atoms with van der Waals surface area (Å²) in [7, 11) is 0. The summed E-state index contributed by atoms with van der Waals surface area (Å²) in [4.78, 5) is 75.7. The molecule has 0 aliphatic heterocycles. The van der Waals surface area contributed by atoms with Gasteiger partial charge in [0.2, 0.25) is 0 Å². The molecule has 138 heavy (non-hydrogen) atoms. The van der Waals surface area contributed by atoms with Gasteiger partial charge >= 0.3 is 0 Å². The molecule has 662 valence electrons. The molecule has 2 N–H and O–H groups in total. The van der Waals surface area contributed by atoms with Crippen LogP contribution in [0.25, 0.3) is 174 Å². The van der Waals surface area contributed by atoms with Gasteiger partial charge < -0.3 is 14.4 Å². The van der Waals surface area contributed by atoms with Gasteiger partial charge in [-0.1, -0.05) is 255 Å². The maximum Gasteiger partial charge on any atom is 0.181 e. The number of fused-ring (bicyclic) bond motifs is 17. The quantitative estimate of drug-likeness (QED) is 0.133. The van der Waals surface area contributed by atoms with Gasteiger partial charge in [0.15, 0.2) is 17.6 Å². The maximum absolute atomic E-state index is 5.01. The third-order valence-electron chi connectivity index (χ3n) is 20.7. The summed E-state index contributed by atoms with van der Waals surface area (Å²) in [5.74, 6) is 0. The number of aromatic amines is 2. The van der Waals surface area contributed by atoms with Gasteiger partial charge in [0, 0.05) is 108 Å². The van der Waals surface area contributed by atoms with Crippen LogP contribution in [-0.2, 0) is 0 Å². The lowest BCUT2D eigenvalue weighted by atomic mass is 10.1. The second-order valence-corrected chi connectivity index (χ2v) is 30.7. The van der Waals surface area contributed by atoms with Gasteiger partial charge in [0.05, 0.1) is 113 Å². The average molecular weight is 1810 g/mol. The number of nitrogens with zero attached hydrogens (tertiary/aromatic N) is 21.